The summed E-state index contributed by atoms with van der Waals surface area (Å²) in [5.41, 5.74) is 1.69. The zero-order valence-corrected chi connectivity index (χ0v) is 14.8. The summed E-state index contributed by atoms with van der Waals surface area (Å²) < 4.78 is 5.40. The minimum atomic E-state index is -0.205. The first kappa shape index (κ1) is 18.0. The fourth-order valence-corrected chi connectivity index (χ4v) is 2.92. The van der Waals surface area contributed by atoms with Crippen LogP contribution in [0.15, 0.2) is 18.2 Å². The highest BCUT2D eigenvalue weighted by Crippen LogP contribution is 2.20. The quantitative estimate of drug-likeness (QED) is 0.866. The van der Waals surface area contributed by atoms with Gasteiger partial charge in [-0.1, -0.05) is 31.5 Å². The number of ether oxygens (including phenoxy) is 1. The van der Waals surface area contributed by atoms with Gasteiger partial charge in [0.25, 0.3) is 0 Å². The third kappa shape index (κ3) is 5.37. The zero-order valence-electron chi connectivity index (χ0n) is 14.1. The van der Waals surface area contributed by atoms with E-state index in [1.165, 1.54) is 0 Å². The van der Waals surface area contributed by atoms with Gasteiger partial charge in [-0.05, 0) is 30.5 Å². The van der Waals surface area contributed by atoms with E-state index in [1.807, 2.05) is 19.1 Å². The van der Waals surface area contributed by atoms with Crippen LogP contribution >= 0.6 is 11.6 Å². The van der Waals surface area contributed by atoms with Gasteiger partial charge >= 0.3 is 6.03 Å². The molecule has 2 rings (SSSR count). The summed E-state index contributed by atoms with van der Waals surface area (Å²) in [7, 11) is 0. The number of rotatable bonds is 5. The zero-order chi connectivity index (χ0) is 16.8. The van der Waals surface area contributed by atoms with E-state index in [9.17, 15) is 4.79 Å². The number of morpholine rings is 1. The fourth-order valence-electron chi connectivity index (χ4n) is 2.74. The minimum Gasteiger partial charge on any atom is -0.379 e. The molecule has 1 aliphatic heterocycles. The smallest absolute Gasteiger partial charge is 0.319 e. The number of anilines is 1. The number of benzene rings is 1. The Morgan fingerprint density at radius 1 is 1.35 bits per heavy atom. The summed E-state index contributed by atoms with van der Waals surface area (Å²) in [5.74, 6) is 0.460. The summed E-state index contributed by atoms with van der Waals surface area (Å²) in [4.78, 5) is 14.5. The third-order valence-electron chi connectivity index (χ3n) is 4.19. The number of urea groups is 1. The number of hydrogen-bond acceptors (Lipinski definition) is 3. The lowest BCUT2D eigenvalue weighted by molar-refractivity contribution is 0.00728. The second kappa shape index (κ2) is 8.52. The maximum absolute atomic E-state index is 12.1. The normalized spacial score (nSPS) is 17.1. The maximum Gasteiger partial charge on any atom is 0.319 e. The Morgan fingerprint density at radius 2 is 2.04 bits per heavy atom. The van der Waals surface area contributed by atoms with Gasteiger partial charge in [0.2, 0.25) is 0 Å². The molecule has 23 heavy (non-hydrogen) atoms. The lowest BCUT2D eigenvalue weighted by atomic mass is 10.0. The molecule has 6 heteroatoms. The molecule has 2 N–H and O–H groups in total. The predicted octanol–water partition coefficient (Wildman–Crippen LogP) is 3.13. The molecule has 128 valence electrons. The summed E-state index contributed by atoms with van der Waals surface area (Å²) in [6.45, 7) is 10.3. The molecular weight excluding hydrogens is 314 g/mol. The van der Waals surface area contributed by atoms with E-state index >= 15 is 0 Å². The molecule has 1 saturated heterocycles. The number of aryl methyl sites for hydroxylation is 1. The maximum atomic E-state index is 12.1. The van der Waals surface area contributed by atoms with E-state index < -0.39 is 0 Å². The van der Waals surface area contributed by atoms with E-state index in [1.54, 1.807) is 6.07 Å². The first-order chi connectivity index (χ1) is 11.0. The number of nitrogens with one attached hydrogen (secondary N) is 2. The average molecular weight is 340 g/mol. The standard InChI is InChI=1S/C17H26ClN3O2/c1-12(2)16(21-6-8-23-9-7-21)11-19-17(22)20-14-5-4-13(3)15(18)10-14/h4-5,10,12,16H,6-9,11H2,1-3H3,(H2,19,20,22). The van der Waals surface area contributed by atoms with Crippen LogP contribution in [0.2, 0.25) is 5.02 Å². The van der Waals surface area contributed by atoms with E-state index in [0.717, 1.165) is 31.9 Å². The highest BCUT2D eigenvalue weighted by atomic mass is 35.5. The monoisotopic (exact) mass is 339 g/mol. The Bertz CT molecular complexity index is 531. The fraction of sp³-hybridized carbons (Fsp3) is 0.588. The number of nitrogens with zero attached hydrogens (tertiary/aromatic N) is 1. The third-order valence-corrected chi connectivity index (χ3v) is 4.59. The highest BCUT2D eigenvalue weighted by Gasteiger charge is 2.24. The topological polar surface area (TPSA) is 53.6 Å². The molecule has 1 fully saturated rings. The van der Waals surface area contributed by atoms with E-state index in [-0.39, 0.29) is 6.03 Å². The molecule has 2 amide bonds. The lowest BCUT2D eigenvalue weighted by Gasteiger charge is -2.36. The SMILES string of the molecule is Cc1ccc(NC(=O)NCC(C(C)C)N2CCOCC2)cc1Cl. The molecule has 1 unspecified atom stereocenters. The van der Waals surface area contributed by atoms with Crippen LogP contribution in [-0.4, -0.2) is 49.8 Å². The van der Waals surface area contributed by atoms with Gasteiger partial charge in [0.15, 0.2) is 0 Å². The summed E-state index contributed by atoms with van der Waals surface area (Å²) >= 11 is 6.08. The van der Waals surface area contributed by atoms with Crippen molar-refractivity contribution in [3.63, 3.8) is 0 Å². The highest BCUT2D eigenvalue weighted by molar-refractivity contribution is 6.31. The van der Waals surface area contributed by atoms with Crippen molar-refractivity contribution in [1.29, 1.82) is 0 Å². The Hall–Kier alpha value is -1.30. The van der Waals surface area contributed by atoms with Crippen LogP contribution < -0.4 is 10.6 Å². The Balaban J connectivity index is 1.86. The molecule has 5 nitrogen and oxygen atoms in total. The van der Waals surface area contributed by atoms with Crippen LogP contribution in [0, 0.1) is 12.8 Å². The van der Waals surface area contributed by atoms with Gasteiger partial charge in [-0.25, -0.2) is 4.79 Å². The molecule has 0 aromatic heterocycles. The van der Waals surface area contributed by atoms with Gasteiger partial charge in [-0.3, -0.25) is 4.90 Å². The Morgan fingerprint density at radius 3 is 2.65 bits per heavy atom. The molecule has 1 atom stereocenters. The predicted molar refractivity (Wildman–Crippen MR) is 94.2 cm³/mol. The van der Waals surface area contributed by atoms with Gasteiger partial charge in [-0.2, -0.15) is 0 Å². The number of carbonyl (C=O) groups excluding carboxylic acids is 1. The van der Waals surface area contributed by atoms with Gasteiger partial charge in [0.05, 0.1) is 13.2 Å². The Kier molecular flexibility index (Phi) is 6.69. The summed E-state index contributed by atoms with van der Waals surface area (Å²) in [6.07, 6.45) is 0. The number of hydrogen-bond donors (Lipinski definition) is 2. The van der Waals surface area contributed by atoms with Crippen molar-refractivity contribution < 1.29 is 9.53 Å². The van der Waals surface area contributed by atoms with Gasteiger partial charge in [-0.15, -0.1) is 0 Å². The number of halogens is 1. The second-order valence-electron chi connectivity index (χ2n) is 6.26. The molecule has 0 radical (unpaired) electrons. The van der Waals surface area contributed by atoms with Crippen LogP contribution in [0.1, 0.15) is 19.4 Å². The van der Waals surface area contributed by atoms with Gasteiger partial charge < -0.3 is 15.4 Å². The van der Waals surface area contributed by atoms with Crippen molar-refractivity contribution in [2.45, 2.75) is 26.8 Å². The summed E-state index contributed by atoms with van der Waals surface area (Å²) in [5, 5.41) is 6.45. The Labute approximate surface area is 143 Å². The molecule has 0 saturated carbocycles. The summed E-state index contributed by atoms with van der Waals surface area (Å²) in [6, 6.07) is 5.61. The number of carbonyl (C=O) groups is 1. The van der Waals surface area contributed by atoms with Crippen molar-refractivity contribution in [3.05, 3.63) is 28.8 Å². The van der Waals surface area contributed by atoms with Crippen LogP contribution in [0.4, 0.5) is 10.5 Å². The molecule has 0 aliphatic carbocycles. The van der Waals surface area contributed by atoms with Gasteiger partial charge in [0.1, 0.15) is 0 Å². The van der Waals surface area contributed by atoms with Crippen LogP contribution in [0.3, 0.4) is 0 Å². The van der Waals surface area contributed by atoms with Crippen molar-refractivity contribution >= 4 is 23.3 Å². The molecule has 0 spiro atoms. The molecule has 0 bridgehead atoms. The lowest BCUT2D eigenvalue weighted by Crippen LogP contribution is -2.51. The van der Waals surface area contributed by atoms with Crippen LogP contribution in [-0.2, 0) is 4.74 Å². The average Bonchev–Trinajstić information content (AvgIpc) is 2.52. The van der Waals surface area contributed by atoms with Crippen molar-refractivity contribution in [2.75, 3.05) is 38.2 Å². The van der Waals surface area contributed by atoms with Crippen molar-refractivity contribution in [1.82, 2.24) is 10.2 Å². The van der Waals surface area contributed by atoms with Crippen molar-refractivity contribution in [3.8, 4) is 0 Å². The van der Waals surface area contributed by atoms with Crippen LogP contribution in [0.25, 0.3) is 0 Å². The van der Waals surface area contributed by atoms with Crippen molar-refractivity contribution in [2.24, 2.45) is 5.92 Å². The number of amides is 2. The van der Waals surface area contributed by atoms with E-state index in [2.05, 4.69) is 29.4 Å². The van der Waals surface area contributed by atoms with E-state index in [4.69, 9.17) is 16.3 Å². The van der Waals surface area contributed by atoms with E-state index in [0.29, 0.717) is 29.2 Å². The minimum absolute atomic E-state index is 0.205. The first-order valence-corrected chi connectivity index (χ1v) is 8.48. The molecule has 1 aliphatic rings. The molecule has 1 aromatic rings. The molecule has 1 aromatic carbocycles. The second-order valence-corrected chi connectivity index (χ2v) is 6.67. The molecular formula is C17H26ClN3O2. The van der Waals surface area contributed by atoms with Gasteiger partial charge in [0, 0.05) is 36.4 Å². The van der Waals surface area contributed by atoms with Crippen LogP contribution in [0.5, 0.6) is 0 Å². The molecule has 1 heterocycles. The first-order valence-electron chi connectivity index (χ1n) is 8.10. The largest absolute Gasteiger partial charge is 0.379 e.